The molecular formula is C15H22N2O3S. The van der Waals surface area contributed by atoms with E-state index in [9.17, 15) is 9.90 Å². The first-order valence-electron chi connectivity index (χ1n) is 7.54. The van der Waals surface area contributed by atoms with Crippen LogP contribution in [-0.2, 0) is 16.1 Å². The summed E-state index contributed by atoms with van der Waals surface area (Å²) in [5, 5.41) is 13.7. The van der Waals surface area contributed by atoms with Gasteiger partial charge in [-0.25, -0.2) is 0 Å². The zero-order chi connectivity index (χ0) is 14.7. The molecule has 5 nitrogen and oxygen atoms in total. The van der Waals surface area contributed by atoms with Crippen molar-refractivity contribution in [2.45, 2.75) is 31.5 Å². The molecule has 0 unspecified atom stereocenters. The summed E-state index contributed by atoms with van der Waals surface area (Å²) >= 11 is 1.66. The third-order valence-corrected chi connectivity index (χ3v) is 5.23. The number of carboxylic acid groups (broad SMARTS) is 1. The summed E-state index contributed by atoms with van der Waals surface area (Å²) in [4.78, 5) is 16.2. The largest absolute Gasteiger partial charge is 0.480 e. The maximum Gasteiger partial charge on any atom is 0.320 e. The Hall–Kier alpha value is -0.950. The average molecular weight is 310 g/mol. The van der Waals surface area contributed by atoms with E-state index >= 15 is 0 Å². The Morgan fingerprint density at radius 3 is 2.86 bits per heavy atom. The highest BCUT2D eigenvalue weighted by Gasteiger charge is 2.36. The van der Waals surface area contributed by atoms with E-state index in [1.54, 1.807) is 11.3 Å². The van der Waals surface area contributed by atoms with Gasteiger partial charge in [-0.2, -0.15) is 11.3 Å². The van der Waals surface area contributed by atoms with Crippen LogP contribution in [0.1, 0.15) is 18.4 Å². The lowest BCUT2D eigenvalue weighted by Crippen LogP contribution is -2.54. The Kier molecular flexibility index (Phi) is 4.90. The Labute approximate surface area is 129 Å². The summed E-state index contributed by atoms with van der Waals surface area (Å²) in [7, 11) is 0. The fraction of sp³-hybridized carbons (Fsp3) is 0.667. The zero-order valence-electron chi connectivity index (χ0n) is 12.1. The van der Waals surface area contributed by atoms with Crippen molar-refractivity contribution in [3.8, 4) is 0 Å². The van der Waals surface area contributed by atoms with Crippen LogP contribution < -0.4 is 0 Å². The molecule has 2 aliphatic rings. The number of nitrogens with zero attached hydrogens (tertiary/aromatic N) is 2. The molecule has 1 N–H and O–H groups in total. The maximum absolute atomic E-state index is 11.6. The molecular weight excluding hydrogens is 288 g/mol. The summed E-state index contributed by atoms with van der Waals surface area (Å²) < 4.78 is 5.39. The van der Waals surface area contributed by atoms with E-state index in [1.165, 1.54) is 5.56 Å². The summed E-state index contributed by atoms with van der Waals surface area (Å²) in [6, 6.07) is 2.10. The highest BCUT2D eigenvalue weighted by molar-refractivity contribution is 7.07. The van der Waals surface area contributed by atoms with Crippen LogP contribution >= 0.6 is 11.3 Å². The van der Waals surface area contributed by atoms with Gasteiger partial charge in [0, 0.05) is 32.2 Å². The van der Waals surface area contributed by atoms with Gasteiger partial charge in [0.2, 0.25) is 0 Å². The molecule has 2 aliphatic heterocycles. The monoisotopic (exact) mass is 310 g/mol. The van der Waals surface area contributed by atoms with E-state index in [4.69, 9.17) is 4.74 Å². The highest BCUT2D eigenvalue weighted by Crippen LogP contribution is 2.25. The van der Waals surface area contributed by atoms with Gasteiger partial charge < -0.3 is 9.84 Å². The van der Waals surface area contributed by atoms with E-state index in [0.717, 1.165) is 52.2 Å². The normalized spacial score (nSPS) is 28.6. The molecule has 116 valence electrons. The number of hydrogen-bond donors (Lipinski definition) is 1. The van der Waals surface area contributed by atoms with Gasteiger partial charge in [-0.3, -0.25) is 14.6 Å². The van der Waals surface area contributed by atoms with Gasteiger partial charge in [0.05, 0.1) is 13.2 Å². The number of carboxylic acids is 1. The number of aliphatic carboxylic acids is 1. The Morgan fingerprint density at radius 1 is 1.38 bits per heavy atom. The number of morpholine rings is 1. The van der Waals surface area contributed by atoms with E-state index in [2.05, 4.69) is 21.2 Å². The molecule has 0 radical (unpaired) electrons. The van der Waals surface area contributed by atoms with Gasteiger partial charge >= 0.3 is 5.97 Å². The molecule has 6 heteroatoms. The number of rotatable bonds is 4. The number of carbonyl (C=O) groups is 1. The summed E-state index contributed by atoms with van der Waals surface area (Å²) in [6.45, 7) is 5.01. The zero-order valence-corrected chi connectivity index (χ0v) is 12.9. The second kappa shape index (κ2) is 6.87. The minimum atomic E-state index is -0.691. The van der Waals surface area contributed by atoms with Crippen LogP contribution in [0, 0.1) is 0 Å². The molecule has 0 spiro atoms. The molecule has 3 rings (SSSR count). The van der Waals surface area contributed by atoms with Gasteiger partial charge in [0.1, 0.15) is 6.04 Å². The topological polar surface area (TPSA) is 53.0 Å². The molecule has 0 bridgehead atoms. The average Bonchev–Trinajstić information content (AvgIpc) is 3.01. The SMILES string of the molecule is O=C(O)[C@@H]1C[C@H](N2CCOCC2)CCN1Cc1ccsc1. The van der Waals surface area contributed by atoms with Crippen LogP contribution in [0.4, 0.5) is 0 Å². The van der Waals surface area contributed by atoms with Crippen molar-refractivity contribution in [2.75, 3.05) is 32.8 Å². The molecule has 1 aromatic heterocycles. The highest BCUT2D eigenvalue weighted by atomic mass is 32.1. The van der Waals surface area contributed by atoms with Crippen molar-refractivity contribution in [1.29, 1.82) is 0 Å². The second-order valence-corrected chi connectivity index (χ2v) is 6.56. The Morgan fingerprint density at radius 2 is 2.19 bits per heavy atom. The lowest BCUT2D eigenvalue weighted by molar-refractivity contribution is -0.146. The molecule has 0 aliphatic carbocycles. The minimum absolute atomic E-state index is 0.369. The third-order valence-electron chi connectivity index (χ3n) is 4.50. The van der Waals surface area contributed by atoms with Crippen LogP contribution in [-0.4, -0.2) is 65.8 Å². The first-order chi connectivity index (χ1) is 10.2. The van der Waals surface area contributed by atoms with Crippen LogP contribution in [0.2, 0.25) is 0 Å². The van der Waals surface area contributed by atoms with E-state index < -0.39 is 5.97 Å². The minimum Gasteiger partial charge on any atom is -0.480 e. The van der Waals surface area contributed by atoms with Crippen LogP contribution in [0.3, 0.4) is 0 Å². The third kappa shape index (κ3) is 3.63. The predicted octanol–water partition coefficient (Wildman–Crippen LogP) is 1.50. The van der Waals surface area contributed by atoms with Crippen molar-refractivity contribution in [3.05, 3.63) is 22.4 Å². The summed E-state index contributed by atoms with van der Waals surface area (Å²) in [6.07, 6.45) is 1.77. The molecule has 0 aromatic carbocycles. The second-order valence-electron chi connectivity index (χ2n) is 5.78. The molecule has 1 aromatic rings. The van der Waals surface area contributed by atoms with Crippen molar-refractivity contribution < 1.29 is 14.6 Å². The number of hydrogen-bond acceptors (Lipinski definition) is 5. The van der Waals surface area contributed by atoms with E-state index in [1.807, 2.05) is 5.38 Å². The Balaban J connectivity index is 1.63. The molecule has 2 atom stereocenters. The van der Waals surface area contributed by atoms with Crippen molar-refractivity contribution in [2.24, 2.45) is 0 Å². The van der Waals surface area contributed by atoms with Crippen LogP contribution in [0.25, 0.3) is 0 Å². The molecule has 3 heterocycles. The maximum atomic E-state index is 11.6. The predicted molar refractivity (Wildman–Crippen MR) is 81.6 cm³/mol. The number of thiophene rings is 1. The molecule has 21 heavy (non-hydrogen) atoms. The fourth-order valence-corrected chi connectivity index (χ4v) is 3.99. The van der Waals surface area contributed by atoms with Crippen LogP contribution in [0.15, 0.2) is 16.8 Å². The molecule has 0 saturated carbocycles. The first kappa shape index (κ1) is 15.0. The summed E-state index contributed by atoms with van der Waals surface area (Å²) in [5.41, 5.74) is 1.22. The first-order valence-corrected chi connectivity index (χ1v) is 8.48. The van der Waals surface area contributed by atoms with Gasteiger partial charge in [-0.15, -0.1) is 0 Å². The smallest absolute Gasteiger partial charge is 0.320 e. The van der Waals surface area contributed by atoms with Gasteiger partial charge in [0.15, 0.2) is 0 Å². The number of ether oxygens (including phenoxy) is 1. The van der Waals surface area contributed by atoms with E-state index in [-0.39, 0.29) is 6.04 Å². The lowest BCUT2D eigenvalue weighted by Gasteiger charge is -2.43. The standard InChI is InChI=1S/C15H22N2O3S/c18-15(19)14-9-13(16-4-6-20-7-5-16)1-3-17(14)10-12-2-8-21-11-12/h2,8,11,13-14H,1,3-7,9-10H2,(H,18,19)/t13-,14+/m1/s1. The van der Waals surface area contributed by atoms with Gasteiger partial charge in [-0.05, 0) is 35.2 Å². The van der Waals surface area contributed by atoms with Crippen molar-refractivity contribution in [1.82, 2.24) is 9.80 Å². The number of piperidine rings is 1. The molecule has 0 amide bonds. The quantitative estimate of drug-likeness (QED) is 0.913. The van der Waals surface area contributed by atoms with E-state index in [0.29, 0.717) is 6.04 Å². The van der Waals surface area contributed by atoms with Gasteiger partial charge in [0.25, 0.3) is 0 Å². The van der Waals surface area contributed by atoms with Crippen LogP contribution in [0.5, 0.6) is 0 Å². The molecule has 2 saturated heterocycles. The van der Waals surface area contributed by atoms with Gasteiger partial charge in [-0.1, -0.05) is 0 Å². The number of likely N-dealkylation sites (tertiary alicyclic amines) is 1. The van der Waals surface area contributed by atoms with Crippen molar-refractivity contribution in [3.63, 3.8) is 0 Å². The summed E-state index contributed by atoms with van der Waals surface area (Å²) in [5.74, 6) is -0.691. The lowest BCUT2D eigenvalue weighted by atomic mass is 9.95. The fourth-order valence-electron chi connectivity index (χ4n) is 3.33. The Bertz CT molecular complexity index is 459. The molecule has 2 fully saturated rings. The van der Waals surface area contributed by atoms with Crippen molar-refractivity contribution >= 4 is 17.3 Å².